The summed E-state index contributed by atoms with van der Waals surface area (Å²) in [5.74, 6) is 0.287. The fourth-order valence-corrected chi connectivity index (χ4v) is 2.49. The molecule has 106 valence electrons. The van der Waals surface area contributed by atoms with Crippen molar-refractivity contribution in [2.75, 3.05) is 11.5 Å². The number of aliphatic hydroxyl groups excluding tert-OH is 1. The maximum Gasteiger partial charge on any atom is 0.339 e. The predicted octanol–water partition coefficient (Wildman–Crippen LogP) is -0.124. The van der Waals surface area contributed by atoms with Crippen LogP contribution in [0.1, 0.15) is 11.7 Å². The van der Waals surface area contributed by atoms with Crippen molar-refractivity contribution >= 4 is 17.4 Å². The van der Waals surface area contributed by atoms with Gasteiger partial charge in [0.15, 0.2) is 5.16 Å². The molecule has 1 aromatic heterocycles. The Morgan fingerprint density at radius 1 is 1.50 bits per heavy atom. The molecule has 0 saturated heterocycles. The van der Waals surface area contributed by atoms with Crippen LogP contribution in [0, 0.1) is 0 Å². The third kappa shape index (κ3) is 3.28. The number of aryl methyl sites for hydroxylation is 1. The number of nitrogens with one attached hydrogen (secondary N) is 1. The number of anilines is 1. The third-order valence-corrected chi connectivity index (χ3v) is 3.72. The fraction of sp³-hybridized carbons (Fsp3) is 0.250. The van der Waals surface area contributed by atoms with Gasteiger partial charge in [0.05, 0.1) is 6.10 Å². The Hall–Kier alpha value is -2.06. The lowest BCUT2D eigenvalue weighted by atomic mass is 10.1. The molecule has 0 aliphatic rings. The molecule has 1 unspecified atom stereocenters. The Bertz CT molecular complexity index is 725. The van der Waals surface area contributed by atoms with Crippen LogP contribution in [0.25, 0.3) is 0 Å². The minimum absolute atomic E-state index is 0.287. The summed E-state index contributed by atoms with van der Waals surface area (Å²) in [6.45, 7) is 0. The van der Waals surface area contributed by atoms with Crippen molar-refractivity contribution < 1.29 is 5.11 Å². The van der Waals surface area contributed by atoms with Gasteiger partial charge in [-0.1, -0.05) is 23.9 Å². The second kappa shape index (κ2) is 5.93. The first-order valence-corrected chi connectivity index (χ1v) is 6.79. The molecule has 0 spiro atoms. The summed E-state index contributed by atoms with van der Waals surface area (Å²) < 4.78 is 1.35. The number of benzene rings is 1. The van der Waals surface area contributed by atoms with Crippen LogP contribution in [0.4, 0.5) is 5.69 Å². The van der Waals surface area contributed by atoms with E-state index in [1.54, 1.807) is 31.3 Å². The number of H-pyrrole nitrogens is 1. The number of aromatic nitrogens is 3. The molecular weight excluding hydrogens is 280 g/mol. The number of nitrogens with zero attached hydrogens (tertiary/aromatic N) is 2. The van der Waals surface area contributed by atoms with E-state index in [-0.39, 0.29) is 5.75 Å². The highest BCUT2D eigenvalue weighted by Gasteiger charge is 2.11. The number of hydrogen-bond acceptors (Lipinski definition) is 6. The molecule has 2 aromatic rings. The molecule has 2 rings (SSSR count). The number of hydrogen-bond donors (Lipinski definition) is 3. The van der Waals surface area contributed by atoms with E-state index in [9.17, 15) is 14.7 Å². The smallest absolute Gasteiger partial charge is 0.339 e. The van der Waals surface area contributed by atoms with Crippen molar-refractivity contribution in [1.82, 2.24) is 14.8 Å². The van der Waals surface area contributed by atoms with Crippen LogP contribution in [0.2, 0.25) is 0 Å². The van der Waals surface area contributed by atoms with Crippen LogP contribution in [-0.2, 0) is 7.05 Å². The number of nitrogens with two attached hydrogens (primary N) is 1. The van der Waals surface area contributed by atoms with E-state index in [0.29, 0.717) is 16.4 Å². The summed E-state index contributed by atoms with van der Waals surface area (Å²) >= 11 is 1.17. The molecule has 7 nitrogen and oxygen atoms in total. The normalized spacial score (nSPS) is 12.3. The zero-order chi connectivity index (χ0) is 14.7. The van der Waals surface area contributed by atoms with Crippen LogP contribution in [0.3, 0.4) is 0 Å². The van der Waals surface area contributed by atoms with Crippen molar-refractivity contribution in [3.8, 4) is 0 Å². The Balaban J connectivity index is 2.11. The highest BCUT2D eigenvalue weighted by molar-refractivity contribution is 7.99. The molecule has 20 heavy (non-hydrogen) atoms. The largest absolute Gasteiger partial charge is 0.399 e. The maximum absolute atomic E-state index is 11.2. The molecule has 0 aliphatic heterocycles. The van der Waals surface area contributed by atoms with E-state index in [1.165, 1.54) is 16.4 Å². The van der Waals surface area contributed by atoms with Crippen LogP contribution >= 0.6 is 11.8 Å². The summed E-state index contributed by atoms with van der Waals surface area (Å²) in [6, 6.07) is 6.94. The monoisotopic (exact) mass is 294 g/mol. The van der Waals surface area contributed by atoms with Crippen molar-refractivity contribution in [2.24, 2.45) is 7.05 Å². The number of aromatic amines is 1. The van der Waals surface area contributed by atoms with Crippen LogP contribution < -0.4 is 16.9 Å². The Kier molecular flexibility index (Phi) is 4.26. The highest BCUT2D eigenvalue weighted by Crippen LogP contribution is 2.23. The number of aliphatic hydroxyl groups is 1. The molecule has 0 aliphatic carbocycles. The molecule has 4 N–H and O–H groups in total. The standard InChI is InChI=1S/C12H14N4O3S/c1-16-12(14-10(18)11(19)15-16)20-6-9(17)7-3-2-4-8(13)5-7/h2-5,9,17H,6,13H2,1H3,(H,15,19). The molecule has 0 bridgehead atoms. The first kappa shape index (κ1) is 14.4. The number of nitrogen functional groups attached to an aromatic ring is 1. The molecule has 0 amide bonds. The summed E-state index contributed by atoms with van der Waals surface area (Å²) in [4.78, 5) is 25.9. The molecule has 0 fully saturated rings. The summed E-state index contributed by atoms with van der Waals surface area (Å²) in [7, 11) is 1.57. The Morgan fingerprint density at radius 3 is 2.95 bits per heavy atom. The Morgan fingerprint density at radius 2 is 2.25 bits per heavy atom. The molecule has 0 radical (unpaired) electrons. The lowest BCUT2D eigenvalue weighted by Gasteiger charge is -2.12. The zero-order valence-corrected chi connectivity index (χ0v) is 11.6. The predicted molar refractivity (Wildman–Crippen MR) is 76.6 cm³/mol. The van der Waals surface area contributed by atoms with Gasteiger partial charge < -0.3 is 10.8 Å². The maximum atomic E-state index is 11.2. The summed E-state index contributed by atoms with van der Waals surface area (Å²) in [5.41, 5.74) is 5.29. The van der Waals surface area contributed by atoms with Crippen LogP contribution in [0.5, 0.6) is 0 Å². The lowest BCUT2D eigenvalue weighted by Crippen LogP contribution is -2.33. The number of thioether (sulfide) groups is 1. The zero-order valence-electron chi connectivity index (χ0n) is 10.7. The molecule has 1 heterocycles. The van der Waals surface area contributed by atoms with Gasteiger partial charge >= 0.3 is 11.1 Å². The minimum Gasteiger partial charge on any atom is -0.399 e. The quantitative estimate of drug-likeness (QED) is 0.411. The summed E-state index contributed by atoms with van der Waals surface area (Å²) in [5, 5.41) is 12.7. The summed E-state index contributed by atoms with van der Waals surface area (Å²) in [6.07, 6.45) is -0.743. The van der Waals surface area contributed by atoms with Crippen LogP contribution in [-0.4, -0.2) is 25.6 Å². The van der Waals surface area contributed by atoms with Crippen molar-refractivity contribution in [1.29, 1.82) is 0 Å². The van der Waals surface area contributed by atoms with Gasteiger partial charge in [0, 0.05) is 18.5 Å². The SMILES string of the molecule is Cn1[nH]c(=O)c(=O)nc1SCC(O)c1cccc(N)c1. The molecule has 1 atom stereocenters. The second-order valence-corrected chi connectivity index (χ2v) is 5.18. The highest BCUT2D eigenvalue weighted by atomic mass is 32.2. The van der Waals surface area contributed by atoms with E-state index in [0.717, 1.165) is 0 Å². The first-order valence-electron chi connectivity index (χ1n) is 5.81. The van der Waals surface area contributed by atoms with Crippen molar-refractivity contribution in [3.05, 3.63) is 50.5 Å². The molecule has 0 saturated carbocycles. The topological polar surface area (TPSA) is 114 Å². The average molecular weight is 294 g/mol. The van der Waals surface area contributed by atoms with Gasteiger partial charge in [0.25, 0.3) is 0 Å². The van der Waals surface area contributed by atoms with Crippen molar-refractivity contribution in [3.63, 3.8) is 0 Å². The van der Waals surface area contributed by atoms with Gasteiger partial charge in [-0.25, -0.2) is 0 Å². The van der Waals surface area contributed by atoms with Gasteiger partial charge in [0.1, 0.15) is 0 Å². The second-order valence-electron chi connectivity index (χ2n) is 4.20. The van der Waals surface area contributed by atoms with E-state index in [2.05, 4.69) is 10.1 Å². The van der Waals surface area contributed by atoms with Crippen LogP contribution in [0.15, 0.2) is 39.0 Å². The average Bonchev–Trinajstić information content (AvgIpc) is 2.41. The van der Waals surface area contributed by atoms with Crippen molar-refractivity contribution in [2.45, 2.75) is 11.3 Å². The Labute approximate surface area is 118 Å². The van der Waals surface area contributed by atoms with Gasteiger partial charge in [-0.2, -0.15) is 4.98 Å². The van der Waals surface area contributed by atoms with Gasteiger partial charge in [0.2, 0.25) is 0 Å². The van der Waals surface area contributed by atoms with E-state index >= 15 is 0 Å². The third-order valence-electron chi connectivity index (χ3n) is 2.61. The van der Waals surface area contributed by atoms with Gasteiger partial charge in [-0.3, -0.25) is 19.4 Å². The van der Waals surface area contributed by atoms with E-state index < -0.39 is 17.2 Å². The molecule has 8 heteroatoms. The van der Waals surface area contributed by atoms with E-state index in [4.69, 9.17) is 5.73 Å². The first-order chi connectivity index (χ1) is 9.47. The minimum atomic E-state index is -0.843. The lowest BCUT2D eigenvalue weighted by molar-refractivity contribution is 0.204. The van der Waals surface area contributed by atoms with Gasteiger partial charge in [-0.05, 0) is 17.7 Å². The molecular formula is C12H14N4O3S. The van der Waals surface area contributed by atoms with E-state index in [1.807, 2.05) is 0 Å². The molecule has 1 aromatic carbocycles. The fourth-order valence-electron chi connectivity index (χ4n) is 1.61. The number of rotatable bonds is 4. The van der Waals surface area contributed by atoms with Gasteiger partial charge in [-0.15, -0.1) is 0 Å².